The first kappa shape index (κ1) is 8.40. The van der Waals surface area contributed by atoms with Gasteiger partial charge in [0.15, 0.2) is 5.65 Å². The molecule has 5 nitrogen and oxygen atoms in total. The van der Waals surface area contributed by atoms with Gasteiger partial charge in [-0.2, -0.15) is 5.10 Å². The van der Waals surface area contributed by atoms with Crippen molar-refractivity contribution in [1.82, 2.24) is 19.7 Å². The third-order valence-corrected chi connectivity index (χ3v) is 2.75. The third kappa shape index (κ3) is 1.20. The molecule has 15 heavy (non-hydrogen) atoms. The van der Waals surface area contributed by atoms with Gasteiger partial charge >= 0.3 is 0 Å². The summed E-state index contributed by atoms with van der Waals surface area (Å²) in [6.07, 6.45) is 9.59. The smallest absolute Gasteiger partial charge is 0.163 e. The van der Waals surface area contributed by atoms with Crippen LogP contribution in [0.15, 0.2) is 24.7 Å². The van der Waals surface area contributed by atoms with E-state index < -0.39 is 0 Å². The normalized spacial score (nSPS) is 16.5. The first-order valence-corrected chi connectivity index (χ1v) is 4.95. The highest BCUT2D eigenvalue weighted by atomic mass is 15.3. The maximum absolute atomic E-state index is 5.75. The van der Waals surface area contributed by atoms with Crippen LogP contribution in [0.4, 0.5) is 5.82 Å². The van der Waals surface area contributed by atoms with Crippen molar-refractivity contribution in [2.24, 2.45) is 0 Å². The minimum Gasteiger partial charge on any atom is -0.383 e. The summed E-state index contributed by atoms with van der Waals surface area (Å²) < 4.78 is 1.94. The molecule has 3 rings (SSSR count). The second-order valence-corrected chi connectivity index (χ2v) is 3.68. The van der Waals surface area contributed by atoms with E-state index in [9.17, 15) is 0 Å². The summed E-state index contributed by atoms with van der Waals surface area (Å²) in [5.74, 6) is 0.497. The van der Waals surface area contributed by atoms with Gasteiger partial charge in [-0.05, 0) is 12.8 Å². The number of aromatic nitrogens is 4. The van der Waals surface area contributed by atoms with E-state index in [-0.39, 0.29) is 0 Å². The molecule has 0 saturated heterocycles. The van der Waals surface area contributed by atoms with Crippen molar-refractivity contribution < 1.29 is 0 Å². The Bertz CT molecular complexity index is 520. The zero-order chi connectivity index (χ0) is 10.3. The molecule has 76 valence electrons. The Morgan fingerprint density at radius 3 is 2.87 bits per heavy atom. The molecule has 0 aromatic carbocycles. The fourth-order valence-electron chi connectivity index (χ4n) is 1.95. The van der Waals surface area contributed by atoms with Crippen LogP contribution in [0.5, 0.6) is 0 Å². The Morgan fingerprint density at radius 2 is 2.07 bits per heavy atom. The van der Waals surface area contributed by atoms with E-state index in [4.69, 9.17) is 5.73 Å². The Balaban J connectivity index is 2.16. The minimum absolute atomic E-state index is 0.386. The van der Waals surface area contributed by atoms with E-state index in [1.54, 1.807) is 6.20 Å². The van der Waals surface area contributed by atoms with Crippen molar-refractivity contribution in [3.8, 4) is 0 Å². The fraction of sp³-hybridized carbons (Fsp3) is 0.300. The van der Waals surface area contributed by atoms with Gasteiger partial charge in [0.05, 0.1) is 17.6 Å². The Hall–Kier alpha value is -1.91. The Kier molecular flexibility index (Phi) is 1.71. The molecule has 0 unspecified atom stereocenters. The number of nitrogens with two attached hydrogens (primary N) is 1. The standard InChI is InChI=1S/C10H11N5/c11-9-8-5-14-15(7-3-1-2-4-7)10(8)13-6-12-9/h1-2,5-7H,3-4H2,(H2,11,12,13). The molecule has 0 atom stereocenters. The monoisotopic (exact) mass is 201 g/mol. The summed E-state index contributed by atoms with van der Waals surface area (Å²) in [5.41, 5.74) is 6.58. The van der Waals surface area contributed by atoms with Crippen molar-refractivity contribution in [2.45, 2.75) is 18.9 Å². The second kappa shape index (κ2) is 3.05. The molecule has 0 saturated carbocycles. The van der Waals surface area contributed by atoms with E-state index in [0.29, 0.717) is 11.9 Å². The lowest BCUT2D eigenvalue weighted by Gasteiger charge is -2.10. The SMILES string of the molecule is Nc1ncnc2c1cnn2C1CC=CC1. The van der Waals surface area contributed by atoms with Gasteiger partial charge in [-0.25, -0.2) is 14.6 Å². The molecule has 2 N–H and O–H groups in total. The van der Waals surface area contributed by atoms with Crippen LogP contribution >= 0.6 is 0 Å². The largest absolute Gasteiger partial charge is 0.383 e. The molecular weight excluding hydrogens is 190 g/mol. The van der Waals surface area contributed by atoms with Crippen LogP contribution in [0.2, 0.25) is 0 Å². The molecule has 0 bridgehead atoms. The van der Waals surface area contributed by atoms with E-state index in [2.05, 4.69) is 27.2 Å². The van der Waals surface area contributed by atoms with Gasteiger partial charge in [-0.15, -0.1) is 0 Å². The maximum Gasteiger partial charge on any atom is 0.163 e. The lowest BCUT2D eigenvalue weighted by atomic mass is 10.2. The van der Waals surface area contributed by atoms with Crippen LogP contribution in [0, 0.1) is 0 Å². The predicted octanol–water partition coefficient (Wildman–Crippen LogP) is 1.30. The van der Waals surface area contributed by atoms with Crippen LogP contribution in [-0.2, 0) is 0 Å². The summed E-state index contributed by atoms with van der Waals surface area (Å²) in [4.78, 5) is 8.17. The van der Waals surface area contributed by atoms with Crippen LogP contribution in [0.25, 0.3) is 11.0 Å². The quantitative estimate of drug-likeness (QED) is 0.706. The number of nitrogens with zero attached hydrogens (tertiary/aromatic N) is 4. The topological polar surface area (TPSA) is 69.6 Å². The van der Waals surface area contributed by atoms with E-state index in [1.807, 2.05) is 4.68 Å². The van der Waals surface area contributed by atoms with E-state index in [1.165, 1.54) is 6.33 Å². The molecule has 0 fully saturated rings. The molecule has 0 spiro atoms. The number of hydrogen-bond acceptors (Lipinski definition) is 4. The summed E-state index contributed by atoms with van der Waals surface area (Å²) in [6, 6.07) is 0.386. The van der Waals surface area contributed by atoms with Gasteiger partial charge in [0, 0.05) is 0 Å². The predicted molar refractivity (Wildman–Crippen MR) is 57.1 cm³/mol. The average Bonchev–Trinajstić information content (AvgIpc) is 2.85. The van der Waals surface area contributed by atoms with Gasteiger partial charge < -0.3 is 5.73 Å². The molecule has 2 aromatic rings. The second-order valence-electron chi connectivity index (χ2n) is 3.68. The van der Waals surface area contributed by atoms with Gasteiger partial charge in [-0.3, -0.25) is 0 Å². The van der Waals surface area contributed by atoms with Gasteiger partial charge in [0.2, 0.25) is 0 Å². The molecule has 0 amide bonds. The fourth-order valence-corrected chi connectivity index (χ4v) is 1.95. The van der Waals surface area contributed by atoms with Crippen molar-refractivity contribution in [3.05, 3.63) is 24.7 Å². The Morgan fingerprint density at radius 1 is 1.27 bits per heavy atom. The van der Waals surface area contributed by atoms with Crippen molar-refractivity contribution in [2.75, 3.05) is 5.73 Å². The zero-order valence-corrected chi connectivity index (χ0v) is 8.17. The molecule has 0 radical (unpaired) electrons. The molecule has 2 heterocycles. The Labute approximate surface area is 86.6 Å². The van der Waals surface area contributed by atoms with Gasteiger partial charge in [0.25, 0.3) is 0 Å². The number of allylic oxidation sites excluding steroid dienone is 2. The van der Waals surface area contributed by atoms with E-state index >= 15 is 0 Å². The molecular formula is C10H11N5. The number of fused-ring (bicyclic) bond motifs is 1. The lowest BCUT2D eigenvalue weighted by molar-refractivity contribution is 0.493. The summed E-state index contributed by atoms with van der Waals surface area (Å²) in [7, 11) is 0. The van der Waals surface area contributed by atoms with Crippen molar-refractivity contribution in [3.63, 3.8) is 0 Å². The highest BCUT2D eigenvalue weighted by Crippen LogP contribution is 2.27. The van der Waals surface area contributed by atoms with Crippen LogP contribution in [0.3, 0.4) is 0 Å². The van der Waals surface area contributed by atoms with Crippen molar-refractivity contribution in [1.29, 1.82) is 0 Å². The summed E-state index contributed by atoms with van der Waals surface area (Å²) >= 11 is 0. The summed E-state index contributed by atoms with van der Waals surface area (Å²) in [6.45, 7) is 0. The van der Waals surface area contributed by atoms with Crippen LogP contribution in [0.1, 0.15) is 18.9 Å². The number of anilines is 1. The average molecular weight is 201 g/mol. The van der Waals surface area contributed by atoms with Gasteiger partial charge in [-0.1, -0.05) is 12.2 Å². The third-order valence-electron chi connectivity index (χ3n) is 2.75. The van der Waals surface area contributed by atoms with Crippen LogP contribution < -0.4 is 5.73 Å². The number of nitrogen functional groups attached to an aromatic ring is 1. The molecule has 0 aliphatic heterocycles. The number of hydrogen-bond donors (Lipinski definition) is 1. The zero-order valence-electron chi connectivity index (χ0n) is 8.17. The highest BCUT2D eigenvalue weighted by Gasteiger charge is 2.17. The summed E-state index contributed by atoms with van der Waals surface area (Å²) in [5, 5.41) is 5.17. The molecule has 5 heteroatoms. The highest BCUT2D eigenvalue weighted by molar-refractivity contribution is 5.84. The van der Waals surface area contributed by atoms with E-state index in [0.717, 1.165) is 23.9 Å². The number of rotatable bonds is 1. The molecule has 1 aliphatic rings. The molecule has 1 aliphatic carbocycles. The lowest BCUT2D eigenvalue weighted by Crippen LogP contribution is -2.07. The maximum atomic E-state index is 5.75. The van der Waals surface area contributed by atoms with Gasteiger partial charge in [0.1, 0.15) is 12.1 Å². The molecule has 2 aromatic heterocycles. The minimum atomic E-state index is 0.386. The van der Waals surface area contributed by atoms with Crippen LogP contribution in [-0.4, -0.2) is 19.7 Å². The van der Waals surface area contributed by atoms with Crippen molar-refractivity contribution >= 4 is 16.9 Å². The first-order valence-electron chi connectivity index (χ1n) is 4.95. The first-order chi connectivity index (χ1) is 7.36.